The summed E-state index contributed by atoms with van der Waals surface area (Å²) < 4.78 is 18.6. The van der Waals surface area contributed by atoms with Crippen molar-refractivity contribution in [2.45, 2.75) is 39.7 Å². The van der Waals surface area contributed by atoms with Crippen LogP contribution in [-0.2, 0) is 6.42 Å². The van der Waals surface area contributed by atoms with E-state index < -0.39 is 0 Å². The summed E-state index contributed by atoms with van der Waals surface area (Å²) >= 11 is 0. The minimum Gasteiger partial charge on any atom is -0.479 e. The average molecular weight is 240 g/mol. The molecule has 1 rings (SSSR count). The second kappa shape index (κ2) is 5.45. The van der Waals surface area contributed by atoms with Gasteiger partial charge in [0.15, 0.2) is 5.82 Å². The van der Waals surface area contributed by atoms with Gasteiger partial charge >= 0.3 is 0 Å². The third-order valence-electron chi connectivity index (χ3n) is 2.97. The van der Waals surface area contributed by atoms with Gasteiger partial charge in [0.2, 0.25) is 5.88 Å². The molecule has 0 spiro atoms. The summed E-state index contributed by atoms with van der Waals surface area (Å²) in [5.41, 5.74) is 6.69. The number of aromatic nitrogens is 1. The van der Waals surface area contributed by atoms with E-state index in [1.54, 1.807) is 12.3 Å². The normalized spacial score (nSPS) is 13.5. The summed E-state index contributed by atoms with van der Waals surface area (Å²) in [6.45, 7) is 6.25. The molecule has 96 valence electrons. The predicted molar refractivity (Wildman–Crippen MR) is 66.5 cm³/mol. The molecule has 0 fully saturated rings. The highest BCUT2D eigenvalue weighted by Crippen LogP contribution is 2.23. The van der Waals surface area contributed by atoms with E-state index in [0.29, 0.717) is 12.0 Å². The molecule has 1 aromatic heterocycles. The van der Waals surface area contributed by atoms with Crippen LogP contribution in [0, 0.1) is 11.2 Å². The van der Waals surface area contributed by atoms with Crippen LogP contribution in [0.5, 0.6) is 5.88 Å². The largest absolute Gasteiger partial charge is 0.479 e. The lowest BCUT2D eigenvalue weighted by Crippen LogP contribution is -2.35. The lowest BCUT2D eigenvalue weighted by atomic mass is 9.84. The molecule has 3 nitrogen and oxygen atoms in total. The van der Waals surface area contributed by atoms with Gasteiger partial charge in [-0.05, 0) is 29.9 Å². The first kappa shape index (κ1) is 13.9. The van der Waals surface area contributed by atoms with Crippen molar-refractivity contribution < 1.29 is 9.13 Å². The summed E-state index contributed by atoms with van der Waals surface area (Å²) in [6, 6.07) is 1.72. The standard InChI is InChI=1S/C13H21FN2O/c1-13(2,3)10(15)6-5-9-7-8-16-12(17-4)11(9)14/h7-8,10H,5-6,15H2,1-4H3. The van der Waals surface area contributed by atoms with Crippen molar-refractivity contribution in [3.8, 4) is 5.88 Å². The Balaban J connectivity index is 2.70. The molecular weight excluding hydrogens is 219 g/mol. The Labute approximate surface area is 102 Å². The SMILES string of the molecule is COc1nccc(CCC(N)C(C)(C)C)c1F. The van der Waals surface area contributed by atoms with Gasteiger partial charge in [-0.3, -0.25) is 0 Å². The van der Waals surface area contributed by atoms with Crippen LogP contribution in [0.2, 0.25) is 0 Å². The van der Waals surface area contributed by atoms with Crippen LogP contribution in [0.1, 0.15) is 32.8 Å². The number of hydrogen-bond acceptors (Lipinski definition) is 3. The van der Waals surface area contributed by atoms with E-state index in [2.05, 4.69) is 25.8 Å². The van der Waals surface area contributed by atoms with Gasteiger partial charge in [-0.1, -0.05) is 20.8 Å². The fourth-order valence-electron chi connectivity index (χ4n) is 1.54. The van der Waals surface area contributed by atoms with Gasteiger partial charge < -0.3 is 10.5 Å². The second-order valence-corrected chi connectivity index (χ2v) is 5.30. The maximum absolute atomic E-state index is 13.8. The van der Waals surface area contributed by atoms with Crippen LogP contribution in [0.15, 0.2) is 12.3 Å². The smallest absolute Gasteiger partial charge is 0.250 e. The number of nitrogens with zero attached hydrogens (tertiary/aromatic N) is 1. The highest BCUT2D eigenvalue weighted by molar-refractivity contribution is 5.23. The van der Waals surface area contributed by atoms with Gasteiger partial charge in [-0.25, -0.2) is 9.37 Å². The van der Waals surface area contributed by atoms with Crippen molar-refractivity contribution in [3.05, 3.63) is 23.6 Å². The van der Waals surface area contributed by atoms with Gasteiger partial charge in [0.05, 0.1) is 7.11 Å². The van der Waals surface area contributed by atoms with E-state index >= 15 is 0 Å². The molecule has 1 unspecified atom stereocenters. The summed E-state index contributed by atoms with van der Waals surface area (Å²) in [4.78, 5) is 3.80. The van der Waals surface area contributed by atoms with Crippen LogP contribution in [0.3, 0.4) is 0 Å². The molecule has 0 saturated carbocycles. The third kappa shape index (κ3) is 3.66. The highest BCUT2D eigenvalue weighted by Gasteiger charge is 2.21. The first-order chi connectivity index (χ1) is 7.86. The minimum absolute atomic E-state index is 0.0353. The molecule has 17 heavy (non-hydrogen) atoms. The number of hydrogen-bond donors (Lipinski definition) is 1. The topological polar surface area (TPSA) is 48.1 Å². The maximum Gasteiger partial charge on any atom is 0.250 e. The third-order valence-corrected chi connectivity index (χ3v) is 2.97. The van der Waals surface area contributed by atoms with Crippen LogP contribution >= 0.6 is 0 Å². The van der Waals surface area contributed by atoms with E-state index in [1.165, 1.54) is 7.11 Å². The molecule has 1 atom stereocenters. The van der Waals surface area contributed by atoms with E-state index in [0.717, 1.165) is 6.42 Å². The Morgan fingerprint density at radius 1 is 1.47 bits per heavy atom. The minimum atomic E-state index is -0.379. The molecule has 0 saturated heterocycles. The Bertz CT molecular complexity index is 374. The number of methoxy groups -OCH3 is 1. The lowest BCUT2D eigenvalue weighted by molar-refractivity contribution is 0.304. The van der Waals surface area contributed by atoms with Crippen molar-refractivity contribution >= 4 is 0 Å². The number of ether oxygens (including phenoxy) is 1. The van der Waals surface area contributed by atoms with Crippen molar-refractivity contribution in [2.75, 3.05) is 7.11 Å². The molecule has 1 aromatic rings. The quantitative estimate of drug-likeness (QED) is 0.879. The fraction of sp³-hybridized carbons (Fsp3) is 0.615. The first-order valence-corrected chi connectivity index (χ1v) is 5.79. The van der Waals surface area contributed by atoms with E-state index in [9.17, 15) is 4.39 Å². The molecule has 1 heterocycles. The molecule has 4 heteroatoms. The summed E-state index contributed by atoms with van der Waals surface area (Å²) in [5.74, 6) is -0.331. The molecule has 0 aliphatic heterocycles. The summed E-state index contributed by atoms with van der Waals surface area (Å²) in [7, 11) is 1.41. The average Bonchev–Trinajstić information content (AvgIpc) is 2.26. The van der Waals surface area contributed by atoms with Gasteiger partial charge in [-0.2, -0.15) is 0 Å². The van der Waals surface area contributed by atoms with Gasteiger partial charge in [-0.15, -0.1) is 0 Å². The lowest BCUT2D eigenvalue weighted by Gasteiger charge is -2.27. The Hall–Kier alpha value is -1.16. The zero-order valence-electron chi connectivity index (χ0n) is 11.0. The molecular formula is C13H21FN2O. The van der Waals surface area contributed by atoms with Crippen molar-refractivity contribution in [1.29, 1.82) is 0 Å². The van der Waals surface area contributed by atoms with Gasteiger partial charge in [0.25, 0.3) is 0 Å². The monoisotopic (exact) mass is 240 g/mol. The number of aryl methyl sites for hydroxylation is 1. The molecule has 0 bridgehead atoms. The van der Waals surface area contributed by atoms with E-state index in [-0.39, 0.29) is 23.2 Å². The molecule has 2 N–H and O–H groups in total. The van der Waals surface area contributed by atoms with Crippen molar-refractivity contribution in [1.82, 2.24) is 4.98 Å². The Morgan fingerprint density at radius 3 is 2.65 bits per heavy atom. The van der Waals surface area contributed by atoms with E-state index in [4.69, 9.17) is 10.5 Å². The Kier molecular flexibility index (Phi) is 4.46. The number of rotatable bonds is 4. The summed E-state index contributed by atoms with van der Waals surface area (Å²) in [5, 5.41) is 0. The zero-order chi connectivity index (χ0) is 13.1. The van der Waals surface area contributed by atoms with Crippen molar-refractivity contribution in [3.63, 3.8) is 0 Å². The van der Waals surface area contributed by atoms with Crippen LogP contribution in [-0.4, -0.2) is 18.1 Å². The van der Waals surface area contributed by atoms with Gasteiger partial charge in [0, 0.05) is 12.2 Å². The summed E-state index contributed by atoms with van der Waals surface area (Å²) in [6.07, 6.45) is 2.90. The molecule has 0 aromatic carbocycles. The van der Waals surface area contributed by atoms with Crippen LogP contribution in [0.4, 0.5) is 4.39 Å². The first-order valence-electron chi connectivity index (χ1n) is 5.79. The number of nitrogens with two attached hydrogens (primary N) is 1. The second-order valence-electron chi connectivity index (χ2n) is 5.30. The maximum atomic E-state index is 13.8. The molecule has 0 aliphatic carbocycles. The fourth-order valence-corrected chi connectivity index (χ4v) is 1.54. The molecule has 0 radical (unpaired) electrons. The predicted octanol–water partition coefficient (Wildman–Crippen LogP) is 2.54. The molecule has 0 aliphatic rings. The van der Waals surface area contributed by atoms with Crippen LogP contribution < -0.4 is 10.5 Å². The van der Waals surface area contributed by atoms with Crippen molar-refractivity contribution in [2.24, 2.45) is 11.1 Å². The number of pyridine rings is 1. The molecule has 0 amide bonds. The van der Waals surface area contributed by atoms with Gasteiger partial charge in [0.1, 0.15) is 0 Å². The van der Waals surface area contributed by atoms with Crippen LogP contribution in [0.25, 0.3) is 0 Å². The highest BCUT2D eigenvalue weighted by atomic mass is 19.1. The Morgan fingerprint density at radius 2 is 2.12 bits per heavy atom. The zero-order valence-corrected chi connectivity index (χ0v) is 11.0. The van der Waals surface area contributed by atoms with E-state index in [1.807, 2.05) is 0 Å². The number of halogens is 1.